The highest BCUT2D eigenvalue weighted by atomic mass is 16.6. The zero-order valence-corrected chi connectivity index (χ0v) is 12.1. The van der Waals surface area contributed by atoms with Gasteiger partial charge in [0.1, 0.15) is 12.0 Å². The van der Waals surface area contributed by atoms with Crippen molar-refractivity contribution >= 4 is 11.5 Å². The summed E-state index contributed by atoms with van der Waals surface area (Å²) in [4.78, 5) is 14.5. The van der Waals surface area contributed by atoms with Crippen LogP contribution >= 0.6 is 0 Å². The summed E-state index contributed by atoms with van der Waals surface area (Å²) >= 11 is 0. The van der Waals surface area contributed by atoms with E-state index in [-0.39, 0.29) is 11.8 Å². The van der Waals surface area contributed by atoms with Gasteiger partial charge in [-0.05, 0) is 31.7 Å². The Morgan fingerprint density at radius 1 is 1.55 bits per heavy atom. The van der Waals surface area contributed by atoms with Crippen LogP contribution in [0.15, 0.2) is 12.3 Å². The second-order valence-corrected chi connectivity index (χ2v) is 5.63. The first-order chi connectivity index (χ1) is 9.47. The lowest BCUT2D eigenvalue weighted by Crippen LogP contribution is -2.36. The topological polar surface area (TPSA) is 77.3 Å². The quantitative estimate of drug-likeness (QED) is 0.677. The van der Waals surface area contributed by atoms with Crippen LogP contribution in [0.1, 0.15) is 32.3 Å². The number of hydrogen-bond donors (Lipinski definition) is 1. The van der Waals surface area contributed by atoms with Crippen LogP contribution in [0.3, 0.4) is 0 Å². The minimum Gasteiger partial charge on any atom is -0.378 e. The van der Waals surface area contributed by atoms with Gasteiger partial charge >= 0.3 is 0 Å². The molecule has 0 radical (unpaired) electrons. The highest BCUT2D eigenvalue weighted by molar-refractivity contribution is 5.47. The molecule has 1 saturated heterocycles. The first-order valence-electron chi connectivity index (χ1n) is 6.96. The Balaban J connectivity index is 2.03. The monoisotopic (exact) mass is 279 g/mol. The highest BCUT2D eigenvalue weighted by Gasteiger charge is 2.25. The van der Waals surface area contributed by atoms with E-state index in [4.69, 9.17) is 4.74 Å². The standard InChI is InChI=1S/C14H21N3O3/c1-9(2)13-7-11(4-5-20-13)16-14-6-10(3)12(8-15-14)17(18)19/h6,8-9,11,13H,4-5,7H2,1-3H3,(H,15,16). The number of rotatable bonds is 4. The SMILES string of the molecule is Cc1cc(NC2CCOC(C(C)C)C2)ncc1[N+](=O)[O-]. The van der Waals surface area contributed by atoms with E-state index in [9.17, 15) is 10.1 Å². The fourth-order valence-corrected chi connectivity index (χ4v) is 2.45. The average molecular weight is 279 g/mol. The van der Waals surface area contributed by atoms with Gasteiger partial charge in [0.25, 0.3) is 5.69 Å². The molecule has 1 aliphatic rings. The molecular weight excluding hydrogens is 258 g/mol. The van der Waals surface area contributed by atoms with Crippen molar-refractivity contribution in [3.8, 4) is 0 Å². The fourth-order valence-electron chi connectivity index (χ4n) is 2.45. The van der Waals surface area contributed by atoms with E-state index in [1.807, 2.05) is 0 Å². The molecule has 6 heteroatoms. The van der Waals surface area contributed by atoms with E-state index in [1.54, 1.807) is 13.0 Å². The molecule has 1 aromatic heterocycles. The number of pyridine rings is 1. The summed E-state index contributed by atoms with van der Waals surface area (Å²) in [5.41, 5.74) is 0.683. The predicted octanol–water partition coefficient (Wildman–Crippen LogP) is 2.91. The normalized spacial score (nSPS) is 22.8. The summed E-state index contributed by atoms with van der Waals surface area (Å²) in [6.45, 7) is 6.78. The number of aryl methyl sites for hydroxylation is 1. The Morgan fingerprint density at radius 3 is 2.90 bits per heavy atom. The van der Waals surface area contributed by atoms with Gasteiger partial charge in [-0.25, -0.2) is 4.98 Å². The Morgan fingerprint density at radius 2 is 2.30 bits per heavy atom. The number of hydrogen-bond acceptors (Lipinski definition) is 5. The molecule has 6 nitrogen and oxygen atoms in total. The van der Waals surface area contributed by atoms with Gasteiger partial charge in [0.05, 0.1) is 11.0 Å². The third-order valence-corrected chi connectivity index (χ3v) is 3.69. The van der Waals surface area contributed by atoms with Gasteiger partial charge in [-0.1, -0.05) is 13.8 Å². The number of anilines is 1. The highest BCUT2D eigenvalue weighted by Crippen LogP contribution is 2.24. The lowest BCUT2D eigenvalue weighted by atomic mass is 9.95. The Hall–Kier alpha value is -1.69. The van der Waals surface area contributed by atoms with Crippen molar-refractivity contribution in [1.82, 2.24) is 4.98 Å². The van der Waals surface area contributed by atoms with Crippen molar-refractivity contribution in [3.63, 3.8) is 0 Å². The van der Waals surface area contributed by atoms with E-state index in [0.29, 0.717) is 23.3 Å². The largest absolute Gasteiger partial charge is 0.378 e. The molecule has 2 heterocycles. The van der Waals surface area contributed by atoms with E-state index in [1.165, 1.54) is 6.20 Å². The molecule has 0 saturated carbocycles. The molecule has 1 aliphatic heterocycles. The molecule has 1 aromatic rings. The van der Waals surface area contributed by atoms with Gasteiger partial charge in [0, 0.05) is 18.2 Å². The summed E-state index contributed by atoms with van der Waals surface area (Å²) < 4.78 is 5.73. The van der Waals surface area contributed by atoms with E-state index in [2.05, 4.69) is 24.1 Å². The number of nitro groups is 1. The maximum absolute atomic E-state index is 10.8. The Labute approximate surface area is 118 Å². The minimum atomic E-state index is -0.407. The molecule has 1 fully saturated rings. The maximum atomic E-state index is 10.8. The van der Waals surface area contributed by atoms with Crippen molar-refractivity contribution in [1.29, 1.82) is 0 Å². The summed E-state index contributed by atoms with van der Waals surface area (Å²) in [5, 5.41) is 14.1. The molecule has 0 bridgehead atoms. The van der Waals surface area contributed by atoms with Crippen molar-refractivity contribution in [3.05, 3.63) is 27.9 Å². The fraction of sp³-hybridized carbons (Fsp3) is 0.643. The van der Waals surface area contributed by atoms with Gasteiger partial charge in [0.2, 0.25) is 0 Å². The molecule has 2 rings (SSSR count). The summed E-state index contributed by atoms with van der Waals surface area (Å²) in [7, 11) is 0. The second kappa shape index (κ2) is 6.17. The molecule has 0 aromatic carbocycles. The van der Waals surface area contributed by atoms with Gasteiger partial charge in [-0.2, -0.15) is 0 Å². The molecule has 0 amide bonds. The smallest absolute Gasteiger partial charge is 0.290 e. The number of ether oxygens (including phenoxy) is 1. The van der Waals surface area contributed by atoms with Crippen LogP contribution in [0.5, 0.6) is 0 Å². The Bertz CT molecular complexity index is 491. The number of nitrogens with zero attached hydrogens (tertiary/aromatic N) is 2. The van der Waals surface area contributed by atoms with Crippen LogP contribution in [-0.2, 0) is 4.74 Å². The van der Waals surface area contributed by atoms with Gasteiger partial charge in [0.15, 0.2) is 0 Å². The van der Waals surface area contributed by atoms with E-state index in [0.717, 1.165) is 19.4 Å². The first-order valence-corrected chi connectivity index (χ1v) is 6.96. The van der Waals surface area contributed by atoms with Crippen molar-refractivity contribution in [2.24, 2.45) is 5.92 Å². The van der Waals surface area contributed by atoms with Crippen LogP contribution in [-0.4, -0.2) is 28.7 Å². The zero-order valence-electron chi connectivity index (χ0n) is 12.1. The molecule has 0 spiro atoms. The van der Waals surface area contributed by atoms with Crippen molar-refractivity contribution in [2.75, 3.05) is 11.9 Å². The number of nitrogens with one attached hydrogen (secondary N) is 1. The molecule has 2 atom stereocenters. The lowest BCUT2D eigenvalue weighted by Gasteiger charge is -2.32. The zero-order chi connectivity index (χ0) is 14.7. The van der Waals surface area contributed by atoms with E-state index >= 15 is 0 Å². The van der Waals surface area contributed by atoms with Crippen LogP contribution in [0, 0.1) is 23.0 Å². The van der Waals surface area contributed by atoms with Crippen LogP contribution in [0.25, 0.3) is 0 Å². The molecule has 20 heavy (non-hydrogen) atoms. The van der Waals surface area contributed by atoms with Crippen LogP contribution < -0.4 is 5.32 Å². The minimum absolute atomic E-state index is 0.0579. The third kappa shape index (κ3) is 3.45. The van der Waals surface area contributed by atoms with Gasteiger partial charge in [-0.15, -0.1) is 0 Å². The van der Waals surface area contributed by atoms with Crippen molar-refractivity contribution < 1.29 is 9.66 Å². The summed E-state index contributed by atoms with van der Waals surface area (Å²) in [6.07, 6.45) is 3.45. The number of aromatic nitrogens is 1. The molecule has 0 aliphatic carbocycles. The lowest BCUT2D eigenvalue weighted by molar-refractivity contribution is -0.385. The second-order valence-electron chi connectivity index (χ2n) is 5.63. The average Bonchev–Trinajstić information content (AvgIpc) is 2.38. The molecule has 2 unspecified atom stereocenters. The Kier molecular flexibility index (Phi) is 4.54. The third-order valence-electron chi connectivity index (χ3n) is 3.69. The van der Waals surface area contributed by atoms with Crippen LogP contribution in [0.4, 0.5) is 11.5 Å². The summed E-state index contributed by atoms with van der Waals surface area (Å²) in [5.74, 6) is 1.19. The van der Waals surface area contributed by atoms with Crippen molar-refractivity contribution in [2.45, 2.75) is 45.8 Å². The molecule has 1 N–H and O–H groups in total. The van der Waals surface area contributed by atoms with E-state index < -0.39 is 4.92 Å². The molecule has 110 valence electrons. The van der Waals surface area contributed by atoms with Gasteiger partial charge in [-0.3, -0.25) is 10.1 Å². The molecular formula is C14H21N3O3. The predicted molar refractivity (Wildman–Crippen MR) is 76.9 cm³/mol. The van der Waals surface area contributed by atoms with Gasteiger partial charge < -0.3 is 10.1 Å². The maximum Gasteiger partial charge on any atom is 0.290 e. The van der Waals surface area contributed by atoms with Crippen LogP contribution in [0.2, 0.25) is 0 Å². The summed E-state index contributed by atoms with van der Waals surface area (Å²) in [6, 6.07) is 2.04. The first kappa shape index (κ1) is 14.7.